The Balaban J connectivity index is 2.47. The van der Waals surface area contributed by atoms with E-state index < -0.39 is 12.0 Å². The third kappa shape index (κ3) is 3.09. The van der Waals surface area contributed by atoms with Gasteiger partial charge in [0, 0.05) is 28.0 Å². The fraction of sp³-hybridized carbons (Fsp3) is 0.385. The number of carbonyl (C=O) groups is 2. The average Bonchev–Trinajstić information content (AvgIpc) is 3.12. The van der Waals surface area contributed by atoms with Crippen molar-refractivity contribution in [2.45, 2.75) is 31.8 Å². The van der Waals surface area contributed by atoms with E-state index in [1.54, 1.807) is 18.2 Å². The highest BCUT2D eigenvalue weighted by atomic mass is 79.9. The Bertz CT molecular complexity index is 531. The van der Waals surface area contributed by atoms with E-state index in [-0.39, 0.29) is 11.9 Å². The standard InChI is InChI=1S/C13H13BrClNO3/c1-7(17)16(9-3-4-9)12(13(18)19)10-6-8(15)2-5-11(10)14/h2,5-6,9,12H,3-4H2,1H3,(H,18,19). The number of benzene rings is 1. The molecule has 1 aliphatic rings. The monoisotopic (exact) mass is 345 g/mol. The largest absolute Gasteiger partial charge is 0.479 e. The van der Waals surface area contributed by atoms with Crippen LogP contribution in [0.15, 0.2) is 22.7 Å². The van der Waals surface area contributed by atoms with Crippen molar-refractivity contribution in [2.24, 2.45) is 0 Å². The van der Waals surface area contributed by atoms with Crippen LogP contribution in [-0.4, -0.2) is 27.9 Å². The van der Waals surface area contributed by atoms with Gasteiger partial charge in [-0.25, -0.2) is 4.79 Å². The van der Waals surface area contributed by atoms with Gasteiger partial charge in [0.15, 0.2) is 6.04 Å². The number of carbonyl (C=O) groups excluding carboxylic acids is 1. The molecule has 1 unspecified atom stereocenters. The fourth-order valence-corrected chi connectivity index (χ4v) is 2.77. The lowest BCUT2D eigenvalue weighted by Crippen LogP contribution is -2.39. The van der Waals surface area contributed by atoms with Crippen LogP contribution in [0, 0.1) is 0 Å². The number of nitrogens with zero attached hydrogens (tertiary/aromatic N) is 1. The number of carboxylic acid groups (broad SMARTS) is 1. The van der Waals surface area contributed by atoms with Gasteiger partial charge in [0.1, 0.15) is 0 Å². The Labute approximate surface area is 124 Å². The maximum Gasteiger partial charge on any atom is 0.331 e. The van der Waals surface area contributed by atoms with Crippen LogP contribution in [0.2, 0.25) is 5.02 Å². The van der Waals surface area contributed by atoms with Gasteiger partial charge in [0.2, 0.25) is 5.91 Å². The van der Waals surface area contributed by atoms with Crippen molar-refractivity contribution in [3.8, 4) is 0 Å². The van der Waals surface area contributed by atoms with E-state index >= 15 is 0 Å². The summed E-state index contributed by atoms with van der Waals surface area (Å²) in [5.41, 5.74) is 0.502. The number of hydrogen-bond acceptors (Lipinski definition) is 2. The zero-order chi connectivity index (χ0) is 14.2. The molecule has 2 rings (SSSR count). The van der Waals surface area contributed by atoms with Crippen molar-refractivity contribution in [3.63, 3.8) is 0 Å². The van der Waals surface area contributed by atoms with Crippen molar-refractivity contribution in [1.29, 1.82) is 0 Å². The van der Waals surface area contributed by atoms with Crippen LogP contribution < -0.4 is 0 Å². The van der Waals surface area contributed by atoms with Crippen LogP contribution >= 0.6 is 27.5 Å². The third-order valence-corrected chi connectivity index (χ3v) is 4.03. The molecule has 102 valence electrons. The number of rotatable bonds is 4. The molecule has 1 aliphatic carbocycles. The van der Waals surface area contributed by atoms with E-state index in [4.69, 9.17) is 11.6 Å². The molecule has 1 fully saturated rings. The maximum atomic E-state index is 11.8. The summed E-state index contributed by atoms with van der Waals surface area (Å²) in [5, 5.41) is 9.93. The van der Waals surface area contributed by atoms with Gasteiger partial charge in [-0.1, -0.05) is 27.5 Å². The maximum absolute atomic E-state index is 11.8. The van der Waals surface area contributed by atoms with E-state index in [0.29, 0.717) is 15.1 Å². The van der Waals surface area contributed by atoms with E-state index in [1.165, 1.54) is 11.8 Å². The van der Waals surface area contributed by atoms with Crippen LogP contribution in [0.1, 0.15) is 31.4 Å². The summed E-state index contributed by atoms with van der Waals surface area (Å²) in [5.74, 6) is -1.29. The molecule has 1 aromatic carbocycles. The second kappa shape index (κ2) is 5.51. The molecule has 1 N–H and O–H groups in total. The summed E-state index contributed by atoms with van der Waals surface area (Å²) >= 11 is 9.25. The molecule has 0 saturated heterocycles. The quantitative estimate of drug-likeness (QED) is 0.910. The fourth-order valence-electron chi connectivity index (χ4n) is 2.13. The molecule has 0 spiro atoms. The minimum Gasteiger partial charge on any atom is -0.479 e. The summed E-state index contributed by atoms with van der Waals surface area (Å²) < 4.78 is 0.635. The minimum absolute atomic E-state index is 0.0180. The predicted octanol–water partition coefficient (Wildman–Crippen LogP) is 3.24. The van der Waals surface area contributed by atoms with Gasteiger partial charge in [0.25, 0.3) is 0 Å². The molecule has 0 radical (unpaired) electrons. The zero-order valence-electron chi connectivity index (χ0n) is 10.3. The van der Waals surface area contributed by atoms with Crippen LogP contribution in [0.3, 0.4) is 0 Å². The second-order valence-corrected chi connectivity index (χ2v) is 5.85. The van der Waals surface area contributed by atoms with Crippen LogP contribution in [0.25, 0.3) is 0 Å². The second-order valence-electron chi connectivity index (χ2n) is 4.56. The third-order valence-electron chi connectivity index (χ3n) is 3.07. The lowest BCUT2D eigenvalue weighted by Gasteiger charge is -2.29. The first-order chi connectivity index (χ1) is 8.91. The summed E-state index contributed by atoms with van der Waals surface area (Å²) in [6, 6.07) is 3.97. The number of aliphatic carboxylic acids is 1. The van der Waals surface area contributed by atoms with E-state index in [0.717, 1.165) is 12.8 Å². The van der Waals surface area contributed by atoms with Gasteiger partial charge in [-0.05, 0) is 31.0 Å². The molecule has 4 nitrogen and oxygen atoms in total. The van der Waals surface area contributed by atoms with Gasteiger partial charge in [0.05, 0.1) is 0 Å². The molecule has 0 aromatic heterocycles. The highest BCUT2D eigenvalue weighted by Crippen LogP contribution is 2.38. The average molecular weight is 347 g/mol. The Morgan fingerprint density at radius 3 is 2.58 bits per heavy atom. The first kappa shape index (κ1) is 14.3. The summed E-state index contributed by atoms with van der Waals surface area (Å²) in [4.78, 5) is 24.8. The van der Waals surface area contributed by atoms with Gasteiger partial charge >= 0.3 is 5.97 Å². The SMILES string of the molecule is CC(=O)N(C1CC1)C(C(=O)O)c1cc(Cl)ccc1Br. The van der Waals surface area contributed by atoms with Gasteiger partial charge < -0.3 is 10.0 Å². The molecule has 19 heavy (non-hydrogen) atoms. The first-order valence-corrected chi connectivity index (χ1v) is 7.05. The minimum atomic E-state index is -1.05. The summed E-state index contributed by atoms with van der Waals surface area (Å²) in [7, 11) is 0. The van der Waals surface area contributed by atoms with Gasteiger partial charge in [-0.2, -0.15) is 0 Å². The van der Waals surface area contributed by atoms with E-state index in [9.17, 15) is 14.7 Å². The highest BCUT2D eigenvalue weighted by Gasteiger charge is 2.40. The van der Waals surface area contributed by atoms with Crippen LogP contribution in [-0.2, 0) is 9.59 Å². The van der Waals surface area contributed by atoms with Crippen LogP contribution in [0.5, 0.6) is 0 Å². The molecule has 0 bridgehead atoms. The molecular formula is C13H13BrClNO3. The van der Waals surface area contributed by atoms with Crippen molar-refractivity contribution < 1.29 is 14.7 Å². The normalized spacial score (nSPS) is 15.9. The lowest BCUT2D eigenvalue weighted by molar-refractivity contribution is -0.150. The van der Waals surface area contributed by atoms with Gasteiger partial charge in [-0.3, -0.25) is 4.79 Å². The number of hydrogen-bond donors (Lipinski definition) is 1. The number of halogens is 2. The van der Waals surface area contributed by atoms with Crippen molar-refractivity contribution in [1.82, 2.24) is 4.90 Å². The Morgan fingerprint density at radius 1 is 1.47 bits per heavy atom. The van der Waals surface area contributed by atoms with Crippen molar-refractivity contribution >= 4 is 39.4 Å². The summed E-state index contributed by atoms with van der Waals surface area (Å²) in [6.45, 7) is 1.40. The van der Waals surface area contributed by atoms with Crippen LogP contribution in [0.4, 0.5) is 0 Å². The Morgan fingerprint density at radius 2 is 2.11 bits per heavy atom. The molecule has 1 atom stereocenters. The molecule has 0 heterocycles. The first-order valence-electron chi connectivity index (χ1n) is 5.88. The number of carboxylic acids is 1. The Kier molecular flexibility index (Phi) is 4.16. The molecule has 1 aromatic rings. The zero-order valence-corrected chi connectivity index (χ0v) is 12.6. The van der Waals surface area contributed by atoms with Gasteiger partial charge in [-0.15, -0.1) is 0 Å². The molecule has 6 heteroatoms. The summed E-state index contributed by atoms with van der Waals surface area (Å²) in [6.07, 6.45) is 1.70. The Hall–Kier alpha value is -1.07. The number of amides is 1. The molecular weight excluding hydrogens is 334 g/mol. The van der Waals surface area contributed by atoms with Crippen molar-refractivity contribution in [3.05, 3.63) is 33.3 Å². The van der Waals surface area contributed by atoms with E-state index in [1.807, 2.05) is 0 Å². The lowest BCUT2D eigenvalue weighted by atomic mass is 10.0. The smallest absolute Gasteiger partial charge is 0.331 e. The molecule has 1 amide bonds. The molecule has 1 saturated carbocycles. The predicted molar refractivity (Wildman–Crippen MR) is 75.1 cm³/mol. The van der Waals surface area contributed by atoms with Crippen molar-refractivity contribution in [2.75, 3.05) is 0 Å². The van der Waals surface area contributed by atoms with E-state index in [2.05, 4.69) is 15.9 Å². The topological polar surface area (TPSA) is 57.6 Å². The highest BCUT2D eigenvalue weighted by molar-refractivity contribution is 9.10. The molecule has 0 aliphatic heterocycles.